The number of allylic oxidation sites excluding steroid dienone is 2. The lowest BCUT2D eigenvalue weighted by Crippen LogP contribution is -2.48. The third kappa shape index (κ3) is 3.09. The summed E-state index contributed by atoms with van der Waals surface area (Å²) in [6.45, 7) is 16.7. The van der Waals surface area contributed by atoms with Gasteiger partial charge in [0.25, 0.3) is 0 Å². The van der Waals surface area contributed by atoms with Crippen molar-refractivity contribution in [2.24, 2.45) is 22.7 Å². The van der Waals surface area contributed by atoms with E-state index in [0.29, 0.717) is 22.7 Å². The second kappa shape index (κ2) is 4.65. The first-order valence-corrected chi connectivity index (χ1v) is 11.4. The van der Waals surface area contributed by atoms with Gasteiger partial charge in [-0.05, 0) is 61.7 Å². The maximum Gasteiger partial charge on any atom is 0.241 e. The zero-order valence-corrected chi connectivity index (χ0v) is 15.0. The van der Waals surface area contributed by atoms with Crippen molar-refractivity contribution in [3.05, 3.63) is 11.8 Å². The molecule has 0 N–H and O–H groups in total. The summed E-state index contributed by atoms with van der Waals surface area (Å²) in [5.74, 6) is 2.63. The van der Waals surface area contributed by atoms with Crippen LogP contribution in [0.5, 0.6) is 0 Å². The fraction of sp³-hybridized carbons (Fsp3) is 0.882. The van der Waals surface area contributed by atoms with Gasteiger partial charge in [-0.15, -0.1) is 0 Å². The minimum atomic E-state index is -1.51. The Morgan fingerprint density at radius 2 is 1.79 bits per heavy atom. The zero-order valence-electron chi connectivity index (χ0n) is 14.0. The van der Waals surface area contributed by atoms with Crippen molar-refractivity contribution in [2.75, 3.05) is 0 Å². The standard InChI is InChI=1S/C17H32OSi/c1-13-11-14(18-19(5,6)7)15-16(2,3)9-8-10-17(15,4)12-13/h11,13,15H,8-10,12H2,1-7H3. The maximum atomic E-state index is 6.52. The van der Waals surface area contributed by atoms with E-state index in [1.807, 2.05) is 0 Å². The molecular formula is C17H32OSi. The van der Waals surface area contributed by atoms with Crippen LogP contribution in [0, 0.1) is 22.7 Å². The summed E-state index contributed by atoms with van der Waals surface area (Å²) in [5.41, 5.74) is 0.837. The molecule has 0 bridgehead atoms. The first-order chi connectivity index (χ1) is 8.54. The van der Waals surface area contributed by atoms with Crippen LogP contribution in [-0.4, -0.2) is 8.32 Å². The summed E-state index contributed by atoms with van der Waals surface area (Å²) >= 11 is 0. The Morgan fingerprint density at radius 3 is 2.37 bits per heavy atom. The van der Waals surface area contributed by atoms with Gasteiger partial charge in [0.1, 0.15) is 0 Å². The van der Waals surface area contributed by atoms with E-state index in [4.69, 9.17) is 4.43 Å². The van der Waals surface area contributed by atoms with E-state index in [1.54, 1.807) is 0 Å². The minimum Gasteiger partial charge on any atom is -0.547 e. The molecule has 3 unspecified atom stereocenters. The molecule has 0 amide bonds. The number of fused-ring (bicyclic) bond motifs is 1. The summed E-state index contributed by atoms with van der Waals surface area (Å²) in [6.07, 6.45) is 7.87. The van der Waals surface area contributed by atoms with Crippen LogP contribution in [0.25, 0.3) is 0 Å². The molecule has 19 heavy (non-hydrogen) atoms. The van der Waals surface area contributed by atoms with E-state index in [0.717, 1.165) is 0 Å². The second-order valence-corrected chi connectivity index (χ2v) is 13.3. The molecule has 0 aromatic rings. The third-order valence-electron chi connectivity index (χ3n) is 4.99. The van der Waals surface area contributed by atoms with Crippen molar-refractivity contribution in [3.8, 4) is 0 Å². The summed E-state index contributed by atoms with van der Waals surface area (Å²) in [7, 11) is -1.51. The Kier molecular flexibility index (Phi) is 3.71. The Balaban J connectivity index is 2.39. The molecule has 2 heteroatoms. The van der Waals surface area contributed by atoms with Gasteiger partial charge in [0.2, 0.25) is 8.32 Å². The first kappa shape index (κ1) is 15.2. The molecule has 0 aromatic carbocycles. The van der Waals surface area contributed by atoms with Crippen LogP contribution in [-0.2, 0) is 4.43 Å². The van der Waals surface area contributed by atoms with E-state index in [2.05, 4.69) is 53.4 Å². The highest BCUT2D eigenvalue weighted by molar-refractivity contribution is 6.70. The summed E-state index contributed by atoms with van der Waals surface area (Å²) in [6, 6.07) is 0. The fourth-order valence-electron chi connectivity index (χ4n) is 4.75. The van der Waals surface area contributed by atoms with Crippen molar-refractivity contribution < 1.29 is 4.43 Å². The minimum absolute atomic E-state index is 0.388. The average molecular weight is 281 g/mol. The van der Waals surface area contributed by atoms with Gasteiger partial charge in [0.15, 0.2) is 0 Å². The lowest BCUT2D eigenvalue weighted by Gasteiger charge is -2.55. The van der Waals surface area contributed by atoms with Gasteiger partial charge in [0.05, 0.1) is 5.76 Å². The van der Waals surface area contributed by atoms with Gasteiger partial charge >= 0.3 is 0 Å². The fourth-order valence-corrected chi connectivity index (χ4v) is 5.64. The van der Waals surface area contributed by atoms with Gasteiger partial charge < -0.3 is 4.43 Å². The summed E-state index contributed by atoms with van der Waals surface area (Å²) < 4.78 is 6.52. The van der Waals surface area contributed by atoms with Crippen LogP contribution in [0.4, 0.5) is 0 Å². The molecule has 1 fully saturated rings. The lowest BCUT2D eigenvalue weighted by molar-refractivity contribution is -0.0189. The Labute approximate surface area is 120 Å². The van der Waals surface area contributed by atoms with Crippen LogP contribution >= 0.6 is 0 Å². The molecule has 0 spiro atoms. The smallest absolute Gasteiger partial charge is 0.241 e. The monoisotopic (exact) mass is 280 g/mol. The Hall–Kier alpha value is -0.243. The molecule has 0 aliphatic heterocycles. The SMILES string of the molecule is CC1C=C(O[Si](C)(C)C)C2C(C)(C)CCCC2(C)C1. The van der Waals surface area contributed by atoms with Gasteiger partial charge in [-0.3, -0.25) is 0 Å². The van der Waals surface area contributed by atoms with E-state index in [1.165, 1.54) is 31.4 Å². The van der Waals surface area contributed by atoms with E-state index >= 15 is 0 Å². The molecule has 0 saturated heterocycles. The Bertz CT molecular complexity index is 377. The molecule has 1 nitrogen and oxygen atoms in total. The third-order valence-corrected chi connectivity index (χ3v) is 5.84. The van der Waals surface area contributed by atoms with E-state index in [9.17, 15) is 0 Å². The predicted molar refractivity (Wildman–Crippen MR) is 85.5 cm³/mol. The second-order valence-electron chi connectivity index (χ2n) is 8.89. The summed E-state index contributed by atoms with van der Waals surface area (Å²) in [5, 5.41) is 0. The zero-order chi connectivity index (χ0) is 14.5. The number of rotatable bonds is 2. The lowest BCUT2D eigenvalue weighted by atomic mass is 9.52. The number of hydrogen-bond acceptors (Lipinski definition) is 1. The van der Waals surface area contributed by atoms with Crippen molar-refractivity contribution in [1.29, 1.82) is 0 Å². The van der Waals surface area contributed by atoms with Crippen molar-refractivity contribution in [3.63, 3.8) is 0 Å². The van der Waals surface area contributed by atoms with Gasteiger partial charge in [-0.2, -0.15) is 0 Å². The van der Waals surface area contributed by atoms with Gasteiger partial charge in [0, 0.05) is 5.92 Å². The normalized spacial score (nSPS) is 38.4. The van der Waals surface area contributed by atoms with Crippen LogP contribution in [0.1, 0.15) is 53.4 Å². The van der Waals surface area contributed by atoms with Crippen molar-refractivity contribution in [2.45, 2.75) is 73.0 Å². The molecule has 2 aliphatic rings. The molecule has 3 atom stereocenters. The molecule has 2 rings (SSSR count). The highest BCUT2D eigenvalue weighted by Gasteiger charge is 2.51. The van der Waals surface area contributed by atoms with E-state index in [-0.39, 0.29) is 0 Å². The predicted octanol–water partition coefficient (Wildman–Crippen LogP) is 5.59. The van der Waals surface area contributed by atoms with E-state index < -0.39 is 8.32 Å². The van der Waals surface area contributed by atoms with Crippen LogP contribution in [0.15, 0.2) is 11.8 Å². The first-order valence-electron chi connectivity index (χ1n) is 7.94. The van der Waals surface area contributed by atoms with Crippen LogP contribution in [0.3, 0.4) is 0 Å². The molecule has 0 radical (unpaired) electrons. The Morgan fingerprint density at radius 1 is 1.16 bits per heavy atom. The molecular weight excluding hydrogens is 248 g/mol. The van der Waals surface area contributed by atoms with Crippen LogP contribution < -0.4 is 0 Å². The topological polar surface area (TPSA) is 9.23 Å². The summed E-state index contributed by atoms with van der Waals surface area (Å²) in [4.78, 5) is 0. The molecule has 1 saturated carbocycles. The highest BCUT2D eigenvalue weighted by Crippen LogP contribution is 2.59. The number of hydrogen-bond donors (Lipinski definition) is 0. The van der Waals surface area contributed by atoms with Crippen molar-refractivity contribution in [1.82, 2.24) is 0 Å². The molecule has 2 aliphatic carbocycles. The molecule has 0 aromatic heterocycles. The average Bonchev–Trinajstić information content (AvgIpc) is 2.09. The van der Waals surface area contributed by atoms with Crippen molar-refractivity contribution >= 4 is 8.32 Å². The van der Waals surface area contributed by atoms with Gasteiger partial charge in [-0.1, -0.05) is 34.1 Å². The highest BCUT2D eigenvalue weighted by atomic mass is 28.4. The largest absolute Gasteiger partial charge is 0.547 e. The maximum absolute atomic E-state index is 6.52. The molecule has 0 heterocycles. The van der Waals surface area contributed by atoms with Gasteiger partial charge in [-0.25, -0.2) is 0 Å². The molecule has 110 valence electrons. The quantitative estimate of drug-likeness (QED) is 0.599. The van der Waals surface area contributed by atoms with Crippen LogP contribution in [0.2, 0.25) is 19.6 Å².